The van der Waals surface area contributed by atoms with Gasteiger partial charge in [0.05, 0.1) is 31.9 Å². The zero-order valence-corrected chi connectivity index (χ0v) is 19.1. The third-order valence-electron chi connectivity index (χ3n) is 6.02. The number of aromatic nitrogens is 5. The molecule has 33 heavy (non-hydrogen) atoms. The van der Waals surface area contributed by atoms with Crippen molar-refractivity contribution in [1.29, 1.82) is 0 Å². The van der Waals surface area contributed by atoms with Gasteiger partial charge in [-0.2, -0.15) is 5.10 Å². The number of fused-ring (bicyclic) bond motifs is 1. The Morgan fingerprint density at radius 3 is 2.67 bits per heavy atom. The number of ether oxygens (including phenoxy) is 2. The van der Waals surface area contributed by atoms with E-state index >= 15 is 0 Å². The number of rotatable bonds is 6. The number of methoxy groups -OCH3 is 2. The second kappa shape index (κ2) is 8.94. The van der Waals surface area contributed by atoms with Gasteiger partial charge in [-0.15, -0.1) is 0 Å². The second-order valence-electron chi connectivity index (χ2n) is 8.18. The van der Waals surface area contributed by atoms with E-state index < -0.39 is 0 Å². The Kier molecular flexibility index (Phi) is 5.69. The molecule has 1 aliphatic rings. The molecule has 0 bridgehead atoms. The van der Waals surface area contributed by atoms with Crippen molar-refractivity contribution in [1.82, 2.24) is 24.3 Å². The van der Waals surface area contributed by atoms with Gasteiger partial charge in [0, 0.05) is 24.2 Å². The molecule has 0 saturated heterocycles. The maximum atomic E-state index is 5.62. The van der Waals surface area contributed by atoms with Crippen LogP contribution in [0, 0.1) is 6.92 Å². The standard InChI is InChI=1S/C26H27N5O2/c1-18-16-30(17-27-18)22-12-10-19(15-24(22)33-3)11-13-25-28-26-21(8-6-14-31(26)29-25)20-7-4-5-9-23(20)32-2/h4-5,7,9-13,15-17,21H,6,8,14H2,1-3H3. The average Bonchev–Trinajstić information content (AvgIpc) is 3.48. The fourth-order valence-corrected chi connectivity index (χ4v) is 4.42. The molecule has 1 unspecified atom stereocenters. The predicted octanol–water partition coefficient (Wildman–Crippen LogP) is 4.89. The van der Waals surface area contributed by atoms with Gasteiger partial charge in [-0.25, -0.2) is 14.6 Å². The molecule has 4 aromatic rings. The maximum absolute atomic E-state index is 5.62. The minimum Gasteiger partial charge on any atom is -0.496 e. The summed E-state index contributed by atoms with van der Waals surface area (Å²) in [5.41, 5.74) is 4.09. The lowest BCUT2D eigenvalue weighted by molar-refractivity contribution is 0.394. The lowest BCUT2D eigenvalue weighted by atomic mass is 9.90. The molecule has 168 valence electrons. The molecule has 0 saturated carbocycles. The number of para-hydroxylation sites is 1. The topological polar surface area (TPSA) is 67.0 Å². The molecule has 0 N–H and O–H groups in total. The Morgan fingerprint density at radius 1 is 1.03 bits per heavy atom. The van der Waals surface area contributed by atoms with Crippen LogP contribution < -0.4 is 9.47 Å². The van der Waals surface area contributed by atoms with Gasteiger partial charge in [-0.3, -0.25) is 0 Å². The van der Waals surface area contributed by atoms with E-state index in [2.05, 4.69) is 23.2 Å². The zero-order chi connectivity index (χ0) is 22.8. The number of aryl methyl sites for hydroxylation is 2. The molecule has 0 amide bonds. The SMILES string of the molecule is COc1ccccc1C1CCCn2nc(C=Cc3ccc(-n4cnc(C)c4)c(OC)c3)nc21. The summed E-state index contributed by atoms with van der Waals surface area (Å²) < 4.78 is 15.2. The number of benzene rings is 2. The molecule has 0 spiro atoms. The van der Waals surface area contributed by atoms with Crippen LogP contribution in [-0.4, -0.2) is 38.5 Å². The molecule has 7 heteroatoms. The summed E-state index contributed by atoms with van der Waals surface area (Å²) in [7, 11) is 3.40. The second-order valence-corrected chi connectivity index (χ2v) is 8.18. The monoisotopic (exact) mass is 441 g/mol. The highest BCUT2D eigenvalue weighted by molar-refractivity contribution is 5.69. The molecule has 0 fully saturated rings. The molecular weight excluding hydrogens is 414 g/mol. The van der Waals surface area contributed by atoms with E-state index in [-0.39, 0.29) is 5.92 Å². The smallest absolute Gasteiger partial charge is 0.174 e. The Balaban J connectivity index is 1.42. The fraction of sp³-hybridized carbons (Fsp3) is 0.269. The highest BCUT2D eigenvalue weighted by Crippen LogP contribution is 2.37. The first-order valence-corrected chi connectivity index (χ1v) is 11.1. The van der Waals surface area contributed by atoms with E-state index in [1.54, 1.807) is 20.5 Å². The summed E-state index contributed by atoms with van der Waals surface area (Å²) in [4.78, 5) is 9.18. The van der Waals surface area contributed by atoms with Crippen molar-refractivity contribution in [3.63, 3.8) is 0 Å². The van der Waals surface area contributed by atoms with E-state index in [9.17, 15) is 0 Å². The Morgan fingerprint density at radius 2 is 1.88 bits per heavy atom. The van der Waals surface area contributed by atoms with E-state index in [0.717, 1.165) is 53.7 Å². The average molecular weight is 442 g/mol. The van der Waals surface area contributed by atoms with Gasteiger partial charge in [0.2, 0.25) is 0 Å². The summed E-state index contributed by atoms with van der Waals surface area (Å²) in [5, 5.41) is 4.74. The molecule has 3 heterocycles. The minimum absolute atomic E-state index is 0.183. The van der Waals surface area contributed by atoms with Crippen molar-refractivity contribution in [3.05, 3.63) is 83.5 Å². The highest BCUT2D eigenvalue weighted by atomic mass is 16.5. The van der Waals surface area contributed by atoms with Crippen LogP contribution in [0.25, 0.3) is 17.8 Å². The van der Waals surface area contributed by atoms with Gasteiger partial charge in [0.15, 0.2) is 5.82 Å². The highest BCUT2D eigenvalue weighted by Gasteiger charge is 2.27. The molecule has 1 aliphatic heterocycles. The van der Waals surface area contributed by atoms with Crippen LogP contribution >= 0.6 is 0 Å². The van der Waals surface area contributed by atoms with Gasteiger partial charge < -0.3 is 14.0 Å². The largest absolute Gasteiger partial charge is 0.496 e. The van der Waals surface area contributed by atoms with Crippen molar-refractivity contribution >= 4 is 12.2 Å². The fourth-order valence-electron chi connectivity index (χ4n) is 4.42. The third kappa shape index (κ3) is 4.14. The Hall–Kier alpha value is -3.87. The van der Waals surface area contributed by atoms with Gasteiger partial charge in [0.1, 0.15) is 17.3 Å². The molecule has 5 rings (SSSR count). The van der Waals surface area contributed by atoms with E-state index in [1.807, 2.05) is 58.8 Å². The normalized spacial score (nSPS) is 15.5. The summed E-state index contributed by atoms with van der Waals surface area (Å²) in [6, 6.07) is 14.3. The van der Waals surface area contributed by atoms with Crippen LogP contribution in [0.3, 0.4) is 0 Å². The van der Waals surface area contributed by atoms with Crippen molar-refractivity contribution in [2.24, 2.45) is 0 Å². The number of hydrogen-bond donors (Lipinski definition) is 0. The van der Waals surface area contributed by atoms with Crippen LogP contribution in [0.2, 0.25) is 0 Å². The van der Waals surface area contributed by atoms with Crippen LogP contribution in [-0.2, 0) is 6.54 Å². The van der Waals surface area contributed by atoms with Gasteiger partial charge in [-0.05, 0) is 49.6 Å². The van der Waals surface area contributed by atoms with Crippen LogP contribution in [0.4, 0.5) is 0 Å². The van der Waals surface area contributed by atoms with Crippen molar-refractivity contribution < 1.29 is 9.47 Å². The molecule has 0 aliphatic carbocycles. The Bertz CT molecular complexity index is 1300. The summed E-state index contributed by atoms with van der Waals surface area (Å²) in [5.74, 6) is 3.57. The molecule has 2 aromatic carbocycles. The van der Waals surface area contributed by atoms with E-state index in [0.29, 0.717) is 5.82 Å². The van der Waals surface area contributed by atoms with Crippen LogP contribution in [0.5, 0.6) is 11.5 Å². The van der Waals surface area contributed by atoms with E-state index in [1.165, 1.54) is 5.56 Å². The third-order valence-corrected chi connectivity index (χ3v) is 6.02. The van der Waals surface area contributed by atoms with Crippen molar-refractivity contribution in [3.8, 4) is 17.2 Å². The summed E-state index contributed by atoms with van der Waals surface area (Å²) in [6.45, 7) is 2.85. The first-order valence-electron chi connectivity index (χ1n) is 11.1. The minimum atomic E-state index is 0.183. The Labute approximate surface area is 193 Å². The van der Waals surface area contributed by atoms with Gasteiger partial charge in [-0.1, -0.05) is 30.3 Å². The lowest BCUT2D eigenvalue weighted by Gasteiger charge is -2.23. The van der Waals surface area contributed by atoms with Crippen LogP contribution in [0.1, 0.15) is 47.2 Å². The van der Waals surface area contributed by atoms with Gasteiger partial charge in [0.25, 0.3) is 0 Å². The number of nitrogens with zero attached hydrogens (tertiary/aromatic N) is 5. The van der Waals surface area contributed by atoms with Crippen molar-refractivity contribution in [2.45, 2.75) is 32.2 Å². The quantitative estimate of drug-likeness (QED) is 0.426. The first-order chi connectivity index (χ1) is 16.2. The van der Waals surface area contributed by atoms with E-state index in [4.69, 9.17) is 19.6 Å². The molecule has 1 atom stereocenters. The first kappa shape index (κ1) is 21.0. The molecule has 0 radical (unpaired) electrons. The summed E-state index contributed by atoms with van der Waals surface area (Å²) >= 11 is 0. The van der Waals surface area contributed by atoms with Crippen molar-refractivity contribution in [2.75, 3.05) is 14.2 Å². The van der Waals surface area contributed by atoms with Crippen LogP contribution in [0.15, 0.2) is 55.0 Å². The number of hydrogen-bond acceptors (Lipinski definition) is 5. The zero-order valence-electron chi connectivity index (χ0n) is 19.1. The predicted molar refractivity (Wildman–Crippen MR) is 128 cm³/mol. The number of imidazole rings is 1. The maximum Gasteiger partial charge on any atom is 0.174 e. The molecular formula is C26H27N5O2. The lowest BCUT2D eigenvalue weighted by Crippen LogP contribution is -2.18. The summed E-state index contributed by atoms with van der Waals surface area (Å²) in [6.07, 6.45) is 9.85. The molecule has 2 aromatic heterocycles. The molecule has 7 nitrogen and oxygen atoms in total. The van der Waals surface area contributed by atoms with Gasteiger partial charge >= 0.3 is 0 Å².